The summed E-state index contributed by atoms with van der Waals surface area (Å²) >= 11 is 0. The van der Waals surface area contributed by atoms with Gasteiger partial charge in [0.1, 0.15) is 0 Å². The summed E-state index contributed by atoms with van der Waals surface area (Å²) in [6.07, 6.45) is 4.21. The Morgan fingerprint density at radius 1 is 1.21 bits per heavy atom. The van der Waals surface area contributed by atoms with Crippen molar-refractivity contribution in [2.24, 2.45) is 0 Å². The first-order valence-corrected chi connectivity index (χ1v) is 5.31. The van der Waals surface area contributed by atoms with Crippen molar-refractivity contribution in [1.29, 1.82) is 0 Å². The third kappa shape index (κ3) is 1.90. The van der Waals surface area contributed by atoms with Crippen molar-refractivity contribution in [2.75, 3.05) is 5.73 Å². The Morgan fingerprint density at radius 3 is 2.71 bits per heavy atom. The standard InChI is InChI=1S/C12H17NO/c13-10-5-3-4-9(8-10)11-6-1-2-7-12(11)14/h3-5,8,11-12,14H,1-2,6-7,13H2/t11-,12+/m1/s1. The zero-order valence-electron chi connectivity index (χ0n) is 8.32. The van der Waals surface area contributed by atoms with E-state index in [0.29, 0.717) is 5.92 Å². The molecule has 1 aromatic carbocycles. The summed E-state index contributed by atoms with van der Waals surface area (Å²) in [5.74, 6) is 0.298. The van der Waals surface area contributed by atoms with E-state index in [2.05, 4.69) is 6.07 Å². The molecule has 2 atom stereocenters. The van der Waals surface area contributed by atoms with Gasteiger partial charge in [-0.15, -0.1) is 0 Å². The molecular formula is C12H17NO. The van der Waals surface area contributed by atoms with Crippen LogP contribution >= 0.6 is 0 Å². The van der Waals surface area contributed by atoms with Crippen molar-refractivity contribution >= 4 is 5.69 Å². The van der Waals surface area contributed by atoms with Crippen LogP contribution in [0.15, 0.2) is 24.3 Å². The van der Waals surface area contributed by atoms with Crippen molar-refractivity contribution in [3.8, 4) is 0 Å². The lowest BCUT2D eigenvalue weighted by molar-refractivity contribution is 0.106. The maximum atomic E-state index is 9.87. The van der Waals surface area contributed by atoms with Crippen LogP contribution in [0.5, 0.6) is 0 Å². The number of anilines is 1. The van der Waals surface area contributed by atoms with Gasteiger partial charge in [-0.1, -0.05) is 25.0 Å². The first kappa shape index (κ1) is 9.53. The summed E-state index contributed by atoms with van der Waals surface area (Å²) in [4.78, 5) is 0. The molecule has 1 aromatic rings. The van der Waals surface area contributed by atoms with Crippen LogP contribution in [0.25, 0.3) is 0 Å². The molecule has 0 radical (unpaired) electrons. The minimum absolute atomic E-state index is 0.175. The SMILES string of the molecule is Nc1cccc([C@H]2CCCC[C@@H]2O)c1. The number of nitrogens with two attached hydrogens (primary N) is 1. The molecule has 76 valence electrons. The second kappa shape index (κ2) is 4.01. The highest BCUT2D eigenvalue weighted by Crippen LogP contribution is 2.33. The number of aliphatic hydroxyl groups excluding tert-OH is 1. The van der Waals surface area contributed by atoms with Gasteiger partial charge in [0.25, 0.3) is 0 Å². The van der Waals surface area contributed by atoms with Crippen LogP contribution in [-0.4, -0.2) is 11.2 Å². The molecule has 0 spiro atoms. The summed E-state index contributed by atoms with van der Waals surface area (Å²) in [6, 6.07) is 7.90. The van der Waals surface area contributed by atoms with Crippen molar-refractivity contribution in [1.82, 2.24) is 0 Å². The number of rotatable bonds is 1. The first-order chi connectivity index (χ1) is 6.77. The highest BCUT2D eigenvalue weighted by atomic mass is 16.3. The fraction of sp³-hybridized carbons (Fsp3) is 0.500. The maximum Gasteiger partial charge on any atom is 0.0608 e. The van der Waals surface area contributed by atoms with E-state index in [-0.39, 0.29) is 6.10 Å². The maximum absolute atomic E-state index is 9.87. The largest absolute Gasteiger partial charge is 0.399 e. The lowest BCUT2D eigenvalue weighted by Crippen LogP contribution is -2.22. The van der Waals surface area contributed by atoms with Gasteiger partial charge in [-0.2, -0.15) is 0 Å². The summed E-state index contributed by atoms with van der Waals surface area (Å²) in [6.45, 7) is 0. The van der Waals surface area contributed by atoms with E-state index in [9.17, 15) is 5.11 Å². The van der Waals surface area contributed by atoms with Crippen molar-refractivity contribution < 1.29 is 5.11 Å². The molecule has 0 bridgehead atoms. The first-order valence-electron chi connectivity index (χ1n) is 5.31. The van der Waals surface area contributed by atoms with Gasteiger partial charge in [0, 0.05) is 11.6 Å². The molecule has 14 heavy (non-hydrogen) atoms. The number of aliphatic hydroxyl groups is 1. The molecule has 2 rings (SSSR count). The molecule has 0 aromatic heterocycles. The van der Waals surface area contributed by atoms with Gasteiger partial charge in [0.15, 0.2) is 0 Å². The van der Waals surface area contributed by atoms with Crippen LogP contribution < -0.4 is 5.73 Å². The number of nitrogen functional groups attached to an aromatic ring is 1. The minimum atomic E-state index is -0.175. The Balaban J connectivity index is 2.20. The molecule has 1 saturated carbocycles. The topological polar surface area (TPSA) is 46.2 Å². The molecule has 2 heteroatoms. The Labute approximate surface area is 84.7 Å². The molecule has 1 aliphatic rings. The lowest BCUT2D eigenvalue weighted by Gasteiger charge is -2.28. The van der Waals surface area contributed by atoms with E-state index in [1.54, 1.807) is 0 Å². The lowest BCUT2D eigenvalue weighted by atomic mass is 9.82. The predicted molar refractivity (Wildman–Crippen MR) is 58.1 cm³/mol. The summed E-state index contributed by atoms with van der Waals surface area (Å²) in [5, 5.41) is 9.87. The molecule has 0 saturated heterocycles. The van der Waals surface area contributed by atoms with Gasteiger partial charge in [0.05, 0.1) is 6.10 Å². The molecule has 1 fully saturated rings. The van der Waals surface area contributed by atoms with Gasteiger partial charge in [-0.3, -0.25) is 0 Å². The molecule has 0 heterocycles. The molecule has 0 aliphatic heterocycles. The van der Waals surface area contributed by atoms with Gasteiger partial charge in [-0.05, 0) is 30.5 Å². The molecule has 1 aliphatic carbocycles. The summed E-state index contributed by atoms with van der Waals surface area (Å²) in [5.41, 5.74) is 7.71. The van der Waals surface area contributed by atoms with E-state index in [0.717, 1.165) is 24.9 Å². The summed E-state index contributed by atoms with van der Waals surface area (Å²) in [7, 11) is 0. The van der Waals surface area contributed by atoms with Crippen molar-refractivity contribution in [2.45, 2.75) is 37.7 Å². The van der Waals surface area contributed by atoms with E-state index in [1.165, 1.54) is 12.0 Å². The van der Waals surface area contributed by atoms with Crippen molar-refractivity contribution in [3.63, 3.8) is 0 Å². The molecule has 3 N–H and O–H groups in total. The smallest absolute Gasteiger partial charge is 0.0608 e. The van der Waals surface area contributed by atoms with Gasteiger partial charge in [0.2, 0.25) is 0 Å². The Morgan fingerprint density at radius 2 is 2.00 bits per heavy atom. The highest BCUT2D eigenvalue weighted by Gasteiger charge is 2.24. The van der Waals surface area contributed by atoms with Crippen LogP contribution in [-0.2, 0) is 0 Å². The summed E-state index contributed by atoms with van der Waals surface area (Å²) < 4.78 is 0. The zero-order valence-corrected chi connectivity index (χ0v) is 8.32. The average Bonchev–Trinajstić information content (AvgIpc) is 2.18. The fourth-order valence-electron chi connectivity index (χ4n) is 2.29. The monoisotopic (exact) mass is 191 g/mol. The van der Waals surface area contributed by atoms with Crippen LogP contribution in [0.2, 0.25) is 0 Å². The zero-order chi connectivity index (χ0) is 9.97. The Kier molecular flexibility index (Phi) is 2.73. The van der Waals surface area contributed by atoms with E-state index >= 15 is 0 Å². The van der Waals surface area contributed by atoms with Crippen LogP contribution in [0.3, 0.4) is 0 Å². The molecule has 2 nitrogen and oxygen atoms in total. The Hall–Kier alpha value is -1.02. The van der Waals surface area contributed by atoms with Crippen LogP contribution in [0, 0.1) is 0 Å². The molecule has 0 amide bonds. The fourth-order valence-corrected chi connectivity index (χ4v) is 2.29. The number of benzene rings is 1. The number of hydrogen-bond donors (Lipinski definition) is 2. The van der Waals surface area contributed by atoms with Crippen LogP contribution in [0.1, 0.15) is 37.2 Å². The Bertz CT molecular complexity index is 311. The quantitative estimate of drug-likeness (QED) is 0.669. The van der Waals surface area contributed by atoms with Gasteiger partial charge >= 0.3 is 0 Å². The second-order valence-electron chi connectivity index (χ2n) is 4.13. The second-order valence-corrected chi connectivity index (χ2v) is 4.13. The molecular weight excluding hydrogens is 174 g/mol. The third-order valence-corrected chi connectivity index (χ3v) is 3.07. The normalized spacial score (nSPS) is 27.5. The van der Waals surface area contributed by atoms with Gasteiger partial charge < -0.3 is 10.8 Å². The van der Waals surface area contributed by atoms with E-state index < -0.39 is 0 Å². The predicted octanol–water partition coefficient (Wildman–Crippen LogP) is 2.29. The van der Waals surface area contributed by atoms with Crippen molar-refractivity contribution in [3.05, 3.63) is 29.8 Å². The van der Waals surface area contributed by atoms with E-state index in [4.69, 9.17) is 5.73 Å². The molecule has 0 unspecified atom stereocenters. The highest BCUT2D eigenvalue weighted by molar-refractivity contribution is 5.42. The van der Waals surface area contributed by atoms with E-state index in [1.807, 2.05) is 18.2 Å². The number of hydrogen-bond acceptors (Lipinski definition) is 2. The average molecular weight is 191 g/mol. The minimum Gasteiger partial charge on any atom is -0.399 e. The van der Waals surface area contributed by atoms with Crippen LogP contribution in [0.4, 0.5) is 5.69 Å². The van der Waals surface area contributed by atoms with Gasteiger partial charge in [-0.25, -0.2) is 0 Å². The third-order valence-electron chi connectivity index (χ3n) is 3.07.